The van der Waals surface area contributed by atoms with Gasteiger partial charge in [-0.25, -0.2) is 0 Å². The quantitative estimate of drug-likeness (QED) is 0.0834. The molecule has 2 heterocycles. The van der Waals surface area contributed by atoms with Gasteiger partial charge in [0, 0.05) is 39.2 Å². The Morgan fingerprint density at radius 2 is 1.22 bits per heavy atom. The minimum atomic E-state index is -1.92. The third-order valence-corrected chi connectivity index (χ3v) is 20.0. The molecule has 50 heavy (non-hydrogen) atoms. The first-order chi connectivity index (χ1) is 22.1. The van der Waals surface area contributed by atoms with Crippen LogP contribution in [-0.4, -0.2) is 88.6 Å². The van der Waals surface area contributed by atoms with Crippen molar-refractivity contribution in [2.24, 2.45) is 0 Å². The Balaban J connectivity index is 0.000000444. The molecule has 9 nitrogen and oxygen atoms in total. The summed E-state index contributed by atoms with van der Waals surface area (Å²) < 4.78 is 34.9. The van der Waals surface area contributed by atoms with Gasteiger partial charge in [0.1, 0.15) is 36.6 Å². The molecular formula is C35H64I3O9Si2V. The molecule has 4 aliphatic rings. The molecule has 2 saturated carbocycles. The molecule has 0 bridgehead atoms. The van der Waals surface area contributed by atoms with Crippen LogP contribution in [0.25, 0.3) is 0 Å². The van der Waals surface area contributed by atoms with E-state index in [2.05, 4.69) is 141 Å². The molecule has 4 fully saturated rings. The van der Waals surface area contributed by atoms with Gasteiger partial charge in [-0.15, -0.1) is 0 Å². The predicted molar refractivity (Wildman–Crippen MR) is 229 cm³/mol. The second kappa shape index (κ2) is 19.0. The number of esters is 2. The van der Waals surface area contributed by atoms with E-state index >= 15 is 0 Å². The van der Waals surface area contributed by atoms with Crippen LogP contribution >= 0.6 is 59.9 Å². The molecule has 2 spiro atoms. The summed E-state index contributed by atoms with van der Waals surface area (Å²) >= 11 is 7.39. The maximum atomic E-state index is 11.0. The molecule has 1 N–H and O–H groups in total. The molecule has 0 unspecified atom stereocenters. The zero-order valence-corrected chi connectivity index (χ0v) is 41.4. The van der Waals surface area contributed by atoms with E-state index in [4.69, 9.17) is 27.8 Å². The fraction of sp³-hybridized carbons (Fsp3) is 0.829. The topological polar surface area (TPSA) is 116 Å². The summed E-state index contributed by atoms with van der Waals surface area (Å²) in [5, 5.41) is 10.7. The number of halogens is 3. The summed E-state index contributed by atoms with van der Waals surface area (Å²) in [6.07, 6.45) is 3.25. The number of aliphatic hydroxyl groups is 1. The molecule has 292 valence electrons. The van der Waals surface area contributed by atoms with Gasteiger partial charge < -0.3 is 32.9 Å². The van der Waals surface area contributed by atoms with Crippen LogP contribution in [0, 0.1) is 0 Å². The number of ether oxygens (including phenoxy) is 4. The second-order valence-corrected chi connectivity index (χ2v) is 61.5. The standard InChI is InChI=1S/C17H30O5Si.C17H30O4Si.CH4.3HI.V/c1-11-14(19)8-13(22-23(6,7)16(3,4)5)9-17(11)15(21-17)10-20-12(2)18;1-12-8-9-14(21-22(6,7)16(3,4)5)10-17(12)15(20-17)11-19-13(2)18;;;;;/h13-15,19H,1,8-10H2,2-7H3;14-15H,1,8-11H2,2-7H3;1H4;3*1H;/q;;;;;;+3/p-3/t13-,14+,15+,17-;14-,15-,17+;;;;;/m10...../s1. The summed E-state index contributed by atoms with van der Waals surface area (Å²) in [4.78, 5) is 21.7. The van der Waals surface area contributed by atoms with Gasteiger partial charge in [0.25, 0.3) is 0 Å². The molecule has 0 aromatic carbocycles. The van der Waals surface area contributed by atoms with E-state index in [1.54, 1.807) is 0 Å². The molecule has 0 aromatic heterocycles. The fourth-order valence-electron chi connectivity index (χ4n) is 5.85. The first kappa shape index (κ1) is 49.4. The Morgan fingerprint density at radius 1 is 0.840 bits per heavy atom. The summed E-state index contributed by atoms with van der Waals surface area (Å²) in [5.41, 5.74) is 0.894. The van der Waals surface area contributed by atoms with Gasteiger partial charge in [-0.3, -0.25) is 9.59 Å². The summed E-state index contributed by atoms with van der Waals surface area (Å²) in [6.45, 7) is 33.9. The normalized spacial score (nSPS) is 30.8. The van der Waals surface area contributed by atoms with E-state index in [9.17, 15) is 14.7 Å². The van der Waals surface area contributed by atoms with Crippen molar-refractivity contribution >= 4 is 88.5 Å². The predicted octanol–water partition coefficient (Wildman–Crippen LogP) is 9.90. The van der Waals surface area contributed by atoms with Gasteiger partial charge in [0.2, 0.25) is 0 Å². The van der Waals surface area contributed by atoms with Crippen LogP contribution < -0.4 is 0 Å². The third-order valence-electron chi connectivity index (χ3n) is 10.9. The van der Waals surface area contributed by atoms with Crippen LogP contribution in [0.15, 0.2) is 24.3 Å². The summed E-state index contributed by atoms with van der Waals surface area (Å²) in [5.74, 6) is -0.590. The first-order valence-electron chi connectivity index (χ1n) is 16.9. The van der Waals surface area contributed by atoms with Gasteiger partial charge in [0.15, 0.2) is 16.6 Å². The number of carbonyl (C=O) groups is 2. The van der Waals surface area contributed by atoms with Gasteiger partial charge >= 0.3 is 76.8 Å². The fourth-order valence-corrected chi connectivity index (χ4v) is 8.60. The van der Waals surface area contributed by atoms with Gasteiger partial charge in [-0.05, 0) is 60.3 Å². The van der Waals surface area contributed by atoms with Crippen molar-refractivity contribution in [2.75, 3.05) is 13.2 Å². The maximum absolute atomic E-state index is 11.0. The Morgan fingerprint density at radius 3 is 1.64 bits per heavy atom. The number of epoxide rings is 2. The molecule has 0 amide bonds. The van der Waals surface area contributed by atoms with Crippen LogP contribution in [-0.2, 0) is 42.3 Å². The average Bonchev–Trinajstić information content (AvgIpc) is 3.80. The van der Waals surface area contributed by atoms with Crippen LogP contribution in [0.2, 0.25) is 36.3 Å². The minimum absolute atomic E-state index is 0. The zero-order valence-electron chi connectivity index (χ0n) is 31.5. The molecule has 2 aliphatic carbocycles. The van der Waals surface area contributed by atoms with Gasteiger partial charge in [0.05, 0.1) is 12.2 Å². The molecule has 2 saturated heterocycles. The average molecular weight is 1120 g/mol. The second-order valence-electron chi connectivity index (χ2n) is 16.6. The van der Waals surface area contributed by atoms with Crippen LogP contribution in [0.4, 0.5) is 0 Å². The van der Waals surface area contributed by atoms with Gasteiger partial charge in [-0.2, -0.15) is 0 Å². The van der Waals surface area contributed by atoms with Crippen molar-refractivity contribution in [1.29, 1.82) is 0 Å². The van der Waals surface area contributed by atoms with Crippen molar-refractivity contribution in [3.05, 3.63) is 24.3 Å². The van der Waals surface area contributed by atoms with Crippen LogP contribution in [0.3, 0.4) is 0 Å². The number of aliphatic hydroxyl groups excluding tert-OH is 1. The Hall–Kier alpha value is 1.43. The van der Waals surface area contributed by atoms with Crippen molar-refractivity contribution in [2.45, 2.75) is 173 Å². The Kier molecular flexibility index (Phi) is 18.8. The zero-order chi connectivity index (χ0) is 38.0. The Labute approximate surface area is 342 Å². The Bertz CT molecular complexity index is 1200. The van der Waals surface area contributed by atoms with Crippen molar-refractivity contribution in [3.8, 4) is 0 Å². The van der Waals surface area contributed by atoms with Crippen molar-refractivity contribution in [1.82, 2.24) is 0 Å². The van der Waals surface area contributed by atoms with E-state index < -0.39 is 28.3 Å². The molecule has 0 radical (unpaired) electrons. The SMILES string of the molecule is C.C=C1CC[C@H](O[Si](C)(C)C(C)(C)C)C[C@@]12O[C@H]2COC(C)=O.C=C1[C@@H](O)C[C@@H](O[Si](C)(C)C(C)(C)C)C[C@@]12O[C@H]2COC(C)=O.[I][V]([I])[I]. The molecule has 0 aromatic rings. The first-order valence-corrected chi connectivity index (χ1v) is 36.2. The molecular weight excluding hydrogens is 1050 g/mol. The van der Waals surface area contributed by atoms with E-state index in [1.807, 2.05) is 0 Å². The number of hydrogen-bond donors (Lipinski definition) is 1. The number of hydrogen-bond acceptors (Lipinski definition) is 9. The molecule has 4 rings (SSSR count). The van der Waals surface area contributed by atoms with E-state index in [-0.39, 0.29) is 71.0 Å². The summed E-state index contributed by atoms with van der Waals surface area (Å²) in [6, 6.07) is 0. The van der Waals surface area contributed by atoms with Crippen LogP contribution in [0.1, 0.15) is 94.9 Å². The molecule has 2 aliphatic heterocycles. The third kappa shape index (κ3) is 13.6. The number of carbonyl (C=O) groups excluding carboxylic acids is 2. The van der Waals surface area contributed by atoms with Gasteiger partial charge in [-0.1, -0.05) is 62.1 Å². The van der Waals surface area contributed by atoms with E-state index in [0.29, 0.717) is 25.0 Å². The molecule has 7 atom stereocenters. The molecule has 15 heteroatoms. The van der Waals surface area contributed by atoms with Crippen LogP contribution in [0.5, 0.6) is 0 Å². The summed E-state index contributed by atoms with van der Waals surface area (Å²) in [7, 11) is -3.70. The van der Waals surface area contributed by atoms with E-state index in [0.717, 1.165) is 24.8 Å². The van der Waals surface area contributed by atoms with Crippen molar-refractivity contribution in [3.63, 3.8) is 0 Å². The number of rotatable bonds is 8. The monoisotopic (exact) mass is 1120 g/mol. The van der Waals surface area contributed by atoms with Crippen molar-refractivity contribution < 1.29 is 47.4 Å². The van der Waals surface area contributed by atoms with E-state index in [1.165, 1.54) is 13.8 Å².